The van der Waals surface area contributed by atoms with Crippen LogP contribution in [0.3, 0.4) is 0 Å². The van der Waals surface area contributed by atoms with E-state index in [0.29, 0.717) is 10.7 Å². The fraction of sp³-hybridized carbons (Fsp3) is 0. The third kappa shape index (κ3) is 3.46. The van der Waals surface area contributed by atoms with Gasteiger partial charge in [0.2, 0.25) is 0 Å². The second-order valence-corrected chi connectivity index (χ2v) is 5.13. The van der Waals surface area contributed by atoms with Crippen molar-refractivity contribution < 1.29 is 13.6 Å². The molecule has 7 heteroatoms. The van der Waals surface area contributed by atoms with Crippen LogP contribution in [0.15, 0.2) is 40.9 Å². The smallest absolute Gasteiger partial charge is 0.306 e. The Bertz CT molecular complexity index is 644. The molecule has 0 spiro atoms. The number of halogens is 4. The minimum atomic E-state index is -0.883. The lowest BCUT2D eigenvalue weighted by atomic mass is 10.3. The minimum Gasteiger partial charge on any atom is -0.306 e. The van der Waals surface area contributed by atoms with Gasteiger partial charge in [0.25, 0.3) is 0 Å². The van der Waals surface area contributed by atoms with Gasteiger partial charge in [-0.2, -0.15) is 0 Å². The maximum Gasteiger partial charge on any atom is 0.323 e. The highest BCUT2D eigenvalue weighted by atomic mass is 79.9. The van der Waals surface area contributed by atoms with Crippen molar-refractivity contribution in [1.29, 1.82) is 0 Å². The van der Waals surface area contributed by atoms with Gasteiger partial charge in [-0.3, -0.25) is 0 Å². The first kappa shape index (κ1) is 14.7. The monoisotopic (exact) mass is 360 g/mol. The number of rotatable bonds is 2. The van der Waals surface area contributed by atoms with Crippen molar-refractivity contribution in [3.8, 4) is 0 Å². The molecule has 0 unspecified atom stereocenters. The lowest BCUT2D eigenvalue weighted by molar-refractivity contribution is 0.262. The van der Waals surface area contributed by atoms with Gasteiger partial charge >= 0.3 is 6.03 Å². The van der Waals surface area contributed by atoms with E-state index in [-0.39, 0.29) is 4.47 Å². The molecule has 2 rings (SSSR count). The third-order valence-electron chi connectivity index (χ3n) is 2.37. The summed E-state index contributed by atoms with van der Waals surface area (Å²) in [5.74, 6) is -1.77. The molecule has 0 saturated heterocycles. The van der Waals surface area contributed by atoms with Crippen LogP contribution in [0.1, 0.15) is 0 Å². The number of nitrogens with one attached hydrogen (secondary N) is 2. The summed E-state index contributed by atoms with van der Waals surface area (Å²) in [6.45, 7) is 0. The number of anilines is 2. The molecule has 2 aromatic rings. The zero-order chi connectivity index (χ0) is 14.7. The van der Waals surface area contributed by atoms with Crippen molar-refractivity contribution in [3.63, 3.8) is 0 Å². The van der Waals surface area contributed by atoms with Gasteiger partial charge in [0.05, 0.1) is 10.7 Å². The van der Waals surface area contributed by atoms with Gasteiger partial charge < -0.3 is 10.6 Å². The van der Waals surface area contributed by atoms with Crippen LogP contribution < -0.4 is 10.6 Å². The van der Waals surface area contributed by atoms with Crippen molar-refractivity contribution in [2.45, 2.75) is 0 Å². The Morgan fingerprint density at radius 2 is 1.70 bits per heavy atom. The van der Waals surface area contributed by atoms with Crippen LogP contribution in [0.2, 0.25) is 5.02 Å². The molecule has 0 aliphatic heterocycles. The number of carbonyl (C=O) groups excluding carboxylic acids is 1. The maximum absolute atomic E-state index is 13.6. The number of carbonyl (C=O) groups is 1. The van der Waals surface area contributed by atoms with E-state index >= 15 is 0 Å². The van der Waals surface area contributed by atoms with Crippen molar-refractivity contribution >= 4 is 44.9 Å². The molecule has 2 aromatic carbocycles. The lowest BCUT2D eigenvalue weighted by Crippen LogP contribution is -2.21. The molecule has 0 atom stereocenters. The standard InChI is InChI=1S/C13H8BrClF2N2O/c14-7-5-9(16)12(10(17)6-7)19-13(20)18-11-4-2-1-3-8(11)15/h1-6H,(H2,18,19,20). The van der Waals surface area contributed by atoms with Gasteiger partial charge in [-0.1, -0.05) is 39.7 Å². The third-order valence-corrected chi connectivity index (χ3v) is 3.15. The largest absolute Gasteiger partial charge is 0.323 e. The summed E-state index contributed by atoms with van der Waals surface area (Å²) in [4.78, 5) is 11.7. The summed E-state index contributed by atoms with van der Waals surface area (Å²) in [5, 5.41) is 4.82. The Hall–Kier alpha value is -1.66. The van der Waals surface area contributed by atoms with Crippen LogP contribution in [0.5, 0.6) is 0 Å². The molecule has 0 fully saturated rings. The molecule has 104 valence electrons. The molecule has 20 heavy (non-hydrogen) atoms. The fourth-order valence-electron chi connectivity index (χ4n) is 1.49. The van der Waals surface area contributed by atoms with Crippen LogP contribution >= 0.6 is 27.5 Å². The van der Waals surface area contributed by atoms with Crippen LogP contribution in [-0.2, 0) is 0 Å². The fourth-order valence-corrected chi connectivity index (χ4v) is 2.08. The summed E-state index contributed by atoms with van der Waals surface area (Å²) in [5.41, 5.74) is -0.192. The first-order valence-corrected chi connectivity index (χ1v) is 6.61. The normalized spacial score (nSPS) is 10.2. The first-order valence-electron chi connectivity index (χ1n) is 5.44. The first-order chi connectivity index (χ1) is 9.47. The molecular formula is C13H8BrClF2N2O. The quantitative estimate of drug-likeness (QED) is 0.774. The highest BCUT2D eigenvalue weighted by molar-refractivity contribution is 9.10. The predicted molar refractivity (Wildman–Crippen MR) is 78.2 cm³/mol. The van der Waals surface area contributed by atoms with E-state index < -0.39 is 23.4 Å². The Morgan fingerprint density at radius 3 is 2.30 bits per heavy atom. The van der Waals surface area contributed by atoms with E-state index in [1.54, 1.807) is 24.3 Å². The molecular weight excluding hydrogens is 354 g/mol. The van der Waals surface area contributed by atoms with Crippen LogP contribution in [0, 0.1) is 11.6 Å². The number of para-hydroxylation sites is 1. The second kappa shape index (κ2) is 6.19. The van der Waals surface area contributed by atoms with Crippen molar-refractivity contribution in [2.24, 2.45) is 0 Å². The number of urea groups is 1. The lowest BCUT2D eigenvalue weighted by Gasteiger charge is -2.10. The highest BCUT2D eigenvalue weighted by Gasteiger charge is 2.14. The van der Waals surface area contributed by atoms with Gasteiger partial charge in [-0.15, -0.1) is 0 Å². The molecule has 0 radical (unpaired) electrons. The van der Waals surface area contributed by atoms with Gasteiger partial charge in [-0.25, -0.2) is 13.6 Å². The van der Waals surface area contributed by atoms with Gasteiger partial charge in [-0.05, 0) is 24.3 Å². The van der Waals surface area contributed by atoms with E-state index in [2.05, 4.69) is 26.6 Å². The molecule has 2 amide bonds. The van der Waals surface area contributed by atoms with E-state index in [1.807, 2.05) is 0 Å². The van der Waals surface area contributed by atoms with Crippen LogP contribution in [0.25, 0.3) is 0 Å². The Balaban J connectivity index is 2.15. The predicted octanol–water partition coefficient (Wildman–Crippen LogP) is 5.02. The van der Waals surface area contributed by atoms with Crippen molar-refractivity contribution in [2.75, 3.05) is 10.6 Å². The Morgan fingerprint density at radius 1 is 1.10 bits per heavy atom. The van der Waals surface area contributed by atoms with Crippen molar-refractivity contribution in [3.05, 3.63) is 57.5 Å². The average Bonchev–Trinajstić information content (AvgIpc) is 2.36. The summed E-state index contributed by atoms with van der Waals surface area (Å²) in [7, 11) is 0. The van der Waals surface area contributed by atoms with Gasteiger partial charge in [0, 0.05) is 4.47 Å². The van der Waals surface area contributed by atoms with Crippen LogP contribution in [-0.4, -0.2) is 6.03 Å². The zero-order valence-corrected chi connectivity index (χ0v) is 12.2. The number of benzene rings is 2. The molecule has 2 N–H and O–H groups in total. The van der Waals surface area contributed by atoms with Gasteiger partial charge in [0.15, 0.2) is 11.6 Å². The number of amides is 2. The minimum absolute atomic E-state index is 0.240. The van der Waals surface area contributed by atoms with Gasteiger partial charge in [0.1, 0.15) is 5.69 Å². The van der Waals surface area contributed by atoms with E-state index in [1.165, 1.54) is 0 Å². The van der Waals surface area contributed by atoms with E-state index in [9.17, 15) is 13.6 Å². The molecule has 0 bridgehead atoms. The topological polar surface area (TPSA) is 41.1 Å². The molecule has 0 aliphatic carbocycles. The highest BCUT2D eigenvalue weighted by Crippen LogP contribution is 2.25. The summed E-state index contributed by atoms with van der Waals surface area (Å²) < 4.78 is 27.3. The Kier molecular flexibility index (Phi) is 4.57. The summed E-state index contributed by atoms with van der Waals surface area (Å²) >= 11 is 8.81. The van der Waals surface area contributed by atoms with Crippen LogP contribution in [0.4, 0.5) is 25.0 Å². The molecule has 0 aromatic heterocycles. The second-order valence-electron chi connectivity index (χ2n) is 3.80. The van der Waals surface area contributed by atoms with Crippen molar-refractivity contribution in [1.82, 2.24) is 0 Å². The SMILES string of the molecule is O=C(Nc1ccccc1Cl)Nc1c(F)cc(Br)cc1F. The molecule has 0 aliphatic rings. The molecule has 3 nitrogen and oxygen atoms in total. The zero-order valence-electron chi connectivity index (χ0n) is 9.88. The van der Waals surface area contributed by atoms with E-state index in [0.717, 1.165) is 12.1 Å². The summed E-state index contributed by atoms with van der Waals surface area (Å²) in [6, 6.07) is 7.82. The average molecular weight is 362 g/mol. The van der Waals surface area contributed by atoms with E-state index in [4.69, 9.17) is 11.6 Å². The number of hydrogen-bond acceptors (Lipinski definition) is 1. The maximum atomic E-state index is 13.6. The molecule has 0 saturated carbocycles. The Labute approximate surface area is 127 Å². The number of hydrogen-bond donors (Lipinski definition) is 2. The molecule has 0 heterocycles. The summed E-state index contributed by atoms with van der Waals surface area (Å²) in [6.07, 6.45) is 0.